The number of benzene rings is 2. The highest BCUT2D eigenvalue weighted by atomic mass is 19.1. The lowest BCUT2D eigenvalue weighted by molar-refractivity contribution is 0.603. The SMILES string of the molecule is CCC(N)c1nc2cc(C)ccc2n1Cc1ccc(F)cc1. The molecule has 0 saturated heterocycles. The van der Waals surface area contributed by atoms with Gasteiger partial charge in [-0.1, -0.05) is 25.1 Å². The second kappa shape index (κ2) is 5.89. The van der Waals surface area contributed by atoms with Gasteiger partial charge in [0.2, 0.25) is 0 Å². The molecule has 2 aromatic carbocycles. The second-order valence-corrected chi connectivity index (χ2v) is 5.69. The van der Waals surface area contributed by atoms with Crippen LogP contribution >= 0.6 is 0 Å². The minimum absolute atomic E-state index is 0.104. The van der Waals surface area contributed by atoms with E-state index in [1.165, 1.54) is 17.7 Å². The van der Waals surface area contributed by atoms with E-state index in [0.717, 1.165) is 28.8 Å². The van der Waals surface area contributed by atoms with Crippen LogP contribution in [0.25, 0.3) is 11.0 Å². The normalized spacial score (nSPS) is 12.7. The third-order valence-electron chi connectivity index (χ3n) is 3.96. The first-order valence-electron chi connectivity index (χ1n) is 7.55. The fraction of sp³-hybridized carbons (Fsp3) is 0.278. The molecule has 0 saturated carbocycles. The van der Waals surface area contributed by atoms with Gasteiger partial charge in [-0.2, -0.15) is 0 Å². The summed E-state index contributed by atoms with van der Waals surface area (Å²) in [5, 5.41) is 0. The number of rotatable bonds is 4. The number of aryl methyl sites for hydroxylation is 1. The van der Waals surface area contributed by atoms with E-state index in [4.69, 9.17) is 10.7 Å². The average Bonchev–Trinajstić information content (AvgIpc) is 2.86. The quantitative estimate of drug-likeness (QED) is 0.792. The van der Waals surface area contributed by atoms with Gasteiger partial charge in [-0.25, -0.2) is 9.37 Å². The predicted octanol–water partition coefficient (Wildman–Crippen LogP) is 3.94. The smallest absolute Gasteiger partial charge is 0.127 e. The zero-order valence-corrected chi connectivity index (χ0v) is 12.9. The summed E-state index contributed by atoms with van der Waals surface area (Å²) in [6.45, 7) is 4.75. The Balaban J connectivity index is 2.10. The van der Waals surface area contributed by atoms with E-state index >= 15 is 0 Å². The van der Waals surface area contributed by atoms with E-state index in [1.54, 1.807) is 12.1 Å². The Morgan fingerprint density at radius 3 is 2.59 bits per heavy atom. The van der Waals surface area contributed by atoms with Gasteiger partial charge >= 0.3 is 0 Å². The second-order valence-electron chi connectivity index (χ2n) is 5.69. The van der Waals surface area contributed by atoms with Crippen molar-refractivity contribution in [2.24, 2.45) is 5.73 Å². The molecule has 3 rings (SSSR count). The highest BCUT2D eigenvalue weighted by Crippen LogP contribution is 2.23. The molecule has 0 aliphatic rings. The van der Waals surface area contributed by atoms with Crippen molar-refractivity contribution in [3.63, 3.8) is 0 Å². The van der Waals surface area contributed by atoms with Crippen molar-refractivity contribution in [1.29, 1.82) is 0 Å². The highest BCUT2D eigenvalue weighted by molar-refractivity contribution is 5.77. The fourth-order valence-corrected chi connectivity index (χ4v) is 2.66. The van der Waals surface area contributed by atoms with Crippen molar-refractivity contribution in [1.82, 2.24) is 9.55 Å². The van der Waals surface area contributed by atoms with Crippen molar-refractivity contribution in [2.45, 2.75) is 32.9 Å². The van der Waals surface area contributed by atoms with Crippen LogP contribution < -0.4 is 5.73 Å². The topological polar surface area (TPSA) is 43.8 Å². The zero-order chi connectivity index (χ0) is 15.7. The minimum atomic E-state index is -0.222. The van der Waals surface area contributed by atoms with Gasteiger partial charge in [0.05, 0.1) is 17.1 Å². The van der Waals surface area contributed by atoms with E-state index in [1.807, 2.05) is 0 Å². The monoisotopic (exact) mass is 297 g/mol. The summed E-state index contributed by atoms with van der Waals surface area (Å²) in [5.41, 5.74) is 10.5. The van der Waals surface area contributed by atoms with Gasteiger partial charge in [0.15, 0.2) is 0 Å². The van der Waals surface area contributed by atoms with E-state index in [9.17, 15) is 4.39 Å². The first-order valence-corrected chi connectivity index (χ1v) is 7.55. The van der Waals surface area contributed by atoms with Crippen molar-refractivity contribution >= 4 is 11.0 Å². The van der Waals surface area contributed by atoms with Crippen LogP contribution in [0.2, 0.25) is 0 Å². The molecule has 1 atom stereocenters. The maximum atomic E-state index is 13.1. The summed E-state index contributed by atoms with van der Waals surface area (Å²) in [6, 6.07) is 12.7. The molecule has 0 aliphatic carbocycles. The largest absolute Gasteiger partial charge is 0.322 e. The van der Waals surface area contributed by atoms with Crippen LogP contribution in [0, 0.1) is 12.7 Å². The lowest BCUT2D eigenvalue weighted by Gasteiger charge is -2.13. The van der Waals surface area contributed by atoms with E-state index < -0.39 is 0 Å². The van der Waals surface area contributed by atoms with Gasteiger partial charge in [0.1, 0.15) is 11.6 Å². The van der Waals surface area contributed by atoms with Gasteiger partial charge < -0.3 is 10.3 Å². The maximum absolute atomic E-state index is 13.1. The van der Waals surface area contributed by atoms with E-state index in [-0.39, 0.29) is 11.9 Å². The minimum Gasteiger partial charge on any atom is -0.322 e. The molecule has 1 aromatic heterocycles. The fourth-order valence-electron chi connectivity index (χ4n) is 2.66. The molecule has 0 bridgehead atoms. The molecule has 0 spiro atoms. The molecule has 4 heteroatoms. The summed E-state index contributed by atoms with van der Waals surface area (Å²) in [7, 11) is 0. The molecule has 3 aromatic rings. The number of nitrogens with zero attached hydrogens (tertiary/aromatic N) is 2. The van der Waals surface area contributed by atoms with Crippen molar-refractivity contribution in [3.8, 4) is 0 Å². The zero-order valence-electron chi connectivity index (χ0n) is 12.9. The molecule has 22 heavy (non-hydrogen) atoms. The van der Waals surface area contributed by atoms with Crippen LogP contribution in [0.1, 0.15) is 36.3 Å². The average molecular weight is 297 g/mol. The first kappa shape index (κ1) is 14.7. The number of imidazole rings is 1. The van der Waals surface area contributed by atoms with Gasteiger partial charge in [-0.15, -0.1) is 0 Å². The molecule has 3 nitrogen and oxygen atoms in total. The maximum Gasteiger partial charge on any atom is 0.127 e. The van der Waals surface area contributed by atoms with Gasteiger partial charge in [-0.05, 0) is 48.7 Å². The van der Waals surface area contributed by atoms with Crippen molar-refractivity contribution in [3.05, 3.63) is 65.2 Å². The summed E-state index contributed by atoms with van der Waals surface area (Å²) in [4.78, 5) is 4.72. The van der Waals surface area contributed by atoms with Crippen molar-refractivity contribution in [2.75, 3.05) is 0 Å². The first-order chi connectivity index (χ1) is 10.6. The standard InChI is InChI=1S/C18H20FN3/c1-3-15(20)18-21-16-10-12(2)4-9-17(16)22(18)11-13-5-7-14(19)8-6-13/h4-10,15H,3,11,20H2,1-2H3. The third kappa shape index (κ3) is 2.74. The Morgan fingerprint density at radius 1 is 1.18 bits per heavy atom. The lowest BCUT2D eigenvalue weighted by Crippen LogP contribution is -2.16. The molecule has 1 heterocycles. The molecule has 114 valence electrons. The Morgan fingerprint density at radius 2 is 1.91 bits per heavy atom. The molecular weight excluding hydrogens is 277 g/mol. The summed E-state index contributed by atoms with van der Waals surface area (Å²) in [5.74, 6) is 0.660. The highest BCUT2D eigenvalue weighted by Gasteiger charge is 2.16. The van der Waals surface area contributed by atoms with Crippen molar-refractivity contribution < 1.29 is 4.39 Å². The Kier molecular flexibility index (Phi) is 3.94. The molecular formula is C18H20FN3. The number of fused-ring (bicyclic) bond motifs is 1. The molecule has 2 N–H and O–H groups in total. The molecule has 0 amide bonds. The molecule has 0 radical (unpaired) electrons. The Bertz CT molecular complexity index is 790. The number of halogens is 1. The van der Waals surface area contributed by atoms with Crippen LogP contribution in [-0.4, -0.2) is 9.55 Å². The van der Waals surface area contributed by atoms with Crippen LogP contribution in [0.3, 0.4) is 0 Å². The number of nitrogens with two attached hydrogens (primary N) is 1. The van der Waals surface area contributed by atoms with Gasteiger partial charge in [0, 0.05) is 6.54 Å². The van der Waals surface area contributed by atoms with E-state index in [0.29, 0.717) is 6.54 Å². The summed E-state index contributed by atoms with van der Waals surface area (Å²) >= 11 is 0. The molecule has 0 aliphatic heterocycles. The van der Waals surface area contributed by atoms with Gasteiger partial charge in [0.25, 0.3) is 0 Å². The number of aromatic nitrogens is 2. The molecule has 0 fully saturated rings. The predicted molar refractivity (Wildman–Crippen MR) is 87.2 cm³/mol. The number of hydrogen-bond donors (Lipinski definition) is 1. The van der Waals surface area contributed by atoms with E-state index in [2.05, 4.69) is 36.6 Å². The molecule has 1 unspecified atom stereocenters. The summed E-state index contributed by atoms with van der Waals surface area (Å²) < 4.78 is 15.2. The third-order valence-corrected chi connectivity index (χ3v) is 3.96. The van der Waals surface area contributed by atoms with Crippen LogP contribution in [0.15, 0.2) is 42.5 Å². The van der Waals surface area contributed by atoms with Crippen LogP contribution in [0.5, 0.6) is 0 Å². The number of hydrogen-bond acceptors (Lipinski definition) is 2. The van der Waals surface area contributed by atoms with Crippen LogP contribution in [0.4, 0.5) is 4.39 Å². The summed E-state index contributed by atoms with van der Waals surface area (Å²) in [6.07, 6.45) is 0.825. The Hall–Kier alpha value is -2.20. The Labute approximate surface area is 129 Å². The van der Waals surface area contributed by atoms with Crippen LogP contribution in [-0.2, 0) is 6.54 Å². The van der Waals surface area contributed by atoms with Gasteiger partial charge in [-0.3, -0.25) is 0 Å². The lowest BCUT2D eigenvalue weighted by atomic mass is 10.2.